The fourth-order valence-corrected chi connectivity index (χ4v) is 1.20. The molecule has 0 aliphatic carbocycles. The Morgan fingerprint density at radius 3 is 2.69 bits per heavy atom. The van der Waals surface area contributed by atoms with Gasteiger partial charge in [0.25, 0.3) is 6.43 Å². The molecule has 0 aliphatic heterocycles. The van der Waals surface area contributed by atoms with Crippen LogP contribution in [0.4, 0.5) is 8.78 Å². The zero-order valence-corrected chi connectivity index (χ0v) is 8.87. The van der Waals surface area contributed by atoms with Gasteiger partial charge in [0, 0.05) is 6.20 Å². The third-order valence-corrected chi connectivity index (χ3v) is 1.88. The SMILES string of the molecule is CCOC(=O)c1c(OC)cncc1C(F)F. The van der Waals surface area contributed by atoms with Gasteiger partial charge in [0.1, 0.15) is 5.56 Å². The first-order valence-electron chi connectivity index (χ1n) is 4.59. The molecule has 1 aromatic heterocycles. The zero-order valence-electron chi connectivity index (χ0n) is 8.87. The van der Waals surface area contributed by atoms with E-state index in [1.807, 2.05) is 0 Å². The number of pyridine rings is 1. The van der Waals surface area contributed by atoms with Crippen LogP contribution in [0.3, 0.4) is 0 Å². The van der Waals surface area contributed by atoms with Gasteiger partial charge in [-0.1, -0.05) is 0 Å². The second-order valence-corrected chi connectivity index (χ2v) is 2.83. The largest absolute Gasteiger partial charge is 0.494 e. The van der Waals surface area contributed by atoms with Crippen LogP contribution in [0.25, 0.3) is 0 Å². The second kappa shape index (κ2) is 5.39. The smallest absolute Gasteiger partial charge is 0.342 e. The molecule has 6 heteroatoms. The predicted molar refractivity (Wildman–Crippen MR) is 51.7 cm³/mol. The van der Waals surface area contributed by atoms with Crippen molar-refractivity contribution in [2.45, 2.75) is 13.3 Å². The molecule has 0 aromatic carbocycles. The molecule has 0 saturated carbocycles. The number of halogens is 2. The topological polar surface area (TPSA) is 48.4 Å². The molecular weight excluding hydrogens is 220 g/mol. The maximum Gasteiger partial charge on any atom is 0.342 e. The van der Waals surface area contributed by atoms with Gasteiger partial charge in [-0.3, -0.25) is 4.98 Å². The highest BCUT2D eigenvalue weighted by Gasteiger charge is 2.24. The van der Waals surface area contributed by atoms with Crippen molar-refractivity contribution in [3.05, 3.63) is 23.5 Å². The highest BCUT2D eigenvalue weighted by molar-refractivity contribution is 5.94. The summed E-state index contributed by atoms with van der Waals surface area (Å²) in [6, 6.07) is 0. The molecule has 0 aliphatic rings. The van der Waals surface area contributed by atoms with Crippen molar-refractivity contribution in [1.29, 1.82) is 0 Å². The van der Waals surface area contributed by atoms with Crippen LogP contribution in [-0.2, 0) is 4.74 Å². The monoisotopic (exact) mass is 231 g/mol. The first-order valence-corrected chi connectivity index (χ1v) is 4.59. The van der Waals surface area contributed by atoms with Gasteiger partial charge < -0.3 is 9.47 Å². The fourth-order valence-electron chi connectivity index (χ4n) is 1.20. The first-order chi connectivity index (χ1) is 7.61. The summed E-state index contributed by atoms with van der Waals surface area (Å²) in [7, 11) is 1.27. The maximum absolute atomic E-state index is 12.6. The van der Waals surface area contributed by atoms with Gasteiger partial charge in [-0.25, -0.2) is 13.6 Å². The Kier molecular flexibility index (Phi) is 4.16. The summed E-state index contributed by atoms with van der Waals surface area (Å²) in [5, 5.41) is 0. The number of ether oxygens (including phenoxy) is 2. The molecule has 0 saturated heterocycles. The number of hydrogen-bond acceptors (Lipinski definition) is 4. The van der Waals surface area contributed by atoms with Gasteiger partial charge in [0.2, 0.25) is 0 Å². The number of hydrogen-bond donors (Lipinski definition) is 0. The van der Waals surface area contributed by atoms with E-state index in [1.54, 1.807) is 6.92 Å². The van der Waals surface area contributed by atoms with Gasteiger partial charge in [-0.15, -0.1) is 0 Å². The van der Waals surface area contributed by atoms with Crippen LogP contribution < -0.4 is 4.74 Å². The van der Waals surface area contributed by atoms with Crippen LogP contribution in [0, 0.1) is 0 Å². The van der Waals surface area contributed by atoms with Crippen molar-refractivity contribution >= 4 is 5.97 Å². The van der Waals surface area contributed by atoms with Crippen LogP contribution in [0.1, 0.15) is 29.3 Å². The Morgan fingerprint density at radius 1 is 1.50 bits per heavy atom. The quantitative estimate of drug-likeness (QED) is 0.745. The van der Waals surface area contributed by atoms with Crippen LogP contribution in [0.5, 0.6) is 5.75 Å². The number of esters is 1. The molecule has 0 spiro atoms. The summed E-state index contributed by atoms with van der Waals surface area (Å²) in [4.78, 5) is 15.1. The normalized spacial score (nSPS) is 10.3. The minimum absolute atomic E-state index is 0.0174. The Balaban J connectivity index is 3.24. The number of rotatable bonds is 4. The second-order valence-electron chi connectivity index (χ2n) is 2.83. The molecule has 1 aromatic rings. The minimum Gasteiger partial charge on any atom is -0.494 e. The molecule has 1 heterocycles. The third-order valence-electron chi connectivity index (χ3n) is 1.88. The minimum atomic E-state index is -2.80. The summed E-state index contributed by atoms with van der Waals surface area (Å²) < 4.78 is 34.8. The number of carbonyl (C=O) groups excluding carboxylic acids is 1. The fraction of sp³-hybridized carbons (Fsp3) is 0.400. The molecule has 4 nitrogen and oxygen atoms in total. The lowest BCUT2D eigenvalue weighted by atomic mass is 10.1. The van der Waals surface area contributed by atoms with Crippen molar-refractivity contribution in [2.24, 2.45) is 0 Å². The van der Waals surface area contributed by atoms with E-state index in [9.17, 15) is 13.6 Å². The van der Waals surface area contributed by atoms with Crippen molar-refractivity contribution in [3.63, 3.8) is 0 Å². The Morgan fingerprint density at radius 2 is 2.19 bits per heavy atom. The number of aromatic nitrogens is 1. The van der Waals surface area contributed by atoms with Gasteiger partial charge in [-0.05, 0) is 6.92 Å². The summed E-state index contributed by atoms with van der Waals surface area (Å²) in [6.45, 7) is 1.70. The van der Waals surface area contributed by atoms with Gasteiger partial charge >= 0.3 is 5.97 Å². The first kappa shape index (κ1) is 12.4. The summed E-state index contributed by atoms with van der Waals surface area (Å²) >= 11 is 0. The van der Waals surface area contributed by atoms with Crippen LogP contribution in [-0.4, -0.2) is 24.7 Å². The molecule has 0 bridgehead atoms. The standard InChI is InChI=1S/C10H11F2NO3/c1-3-16-10(14)8-6(9(11)12)4-13-5-7(8)15-2/h4-5,9H,3H2,1-2H3. The number of alkyl halides is 2. The molecular formula is C10H11F2NO3. The van der Waals surface area contributed by atoms with E-state index in [0.29, 0.717) is 0 Å². The predicted octanol–water partition coefficient (Wildman–Crippen LogP) is 2.20. The van der Waals surface area contributed by atoms with Gasteiger partial charge in [0.15, 0.2) is 5.75 Å². The Hall–Kier alpha value is -1.72. The number of nitrogens with zero attached hydrogens (tertiary/aromatic N) is 1. The molecule has 0 fully saturated rings. The summed E-state index contributed by atoms with van der Waals surface area (Å²) in [6.07, 6.45) is -0.681. The molecule has 88 valence electrons. The van der Waals surface area contributed by atoms with Crippen molar-refractivity contribution in [2.75, 3.05) is 13.7 Å². The highest BCUT2D eigenvalue weighted by Crippen LogP contribution is 2.29. The lowest BCUT2D eigenvalue weighted by molar-refractivity contribution is 0.0511. The lowest BCUT2D eigenvalue weighted by Gasteiger charge is -2.11. The molecule has 0 N–H and O–H groups in total. The molecule has 0 radical (unpaired) electrons. The van der Waals surface area contributed by atoms with E-state index in [-0.39, 0.29) is 17.9 Å². The lowest BCUT2D eigenvalue weighted by Crippen LogP contribution is -2.11. The number of methoxy groups -OCH3 is 1. The molecule has 1 rings (SSSR count). The van der Waals surface area contributed by atoms with Crippen LogP contribution in [0.2, 0.25) is 0 Å². The van der Waals surface area contributed by atoms with E-state index in [1.165, 1.54) is 13.3 Å². The van der Waals surface area contributed by atoms with Crippen molar-refractivity contribution in [1.82, 2.24) is 4.98 Å². The Labute approximate surface area is 91.2 Å². The summed E-state index contributed by atoms with van der Waals surface area (Å²) in [5.74, 6) is -0.853. The average Bonchev–Trinajstić information content (AvgIpc) is 2.28. The molecule has 0 amide bonds. The van der Waals surface area contributed by atoms with Crippen molar-refractivity contribution < 1.29 is 23.0 Å². The Bertz CT molecular complexity index is 382. The van der Waals surface area contributed by atoms with Crippen LogP contribution in [0.15, 0.2) is 12.4 Å². The number of carbonyl (C=O) groups is 1. The van der Waals surface area contributed by atoms with E-state index >= 15 is 0 Å². The highest BCUT2D eigenvalue weighted by atomic mass is 19.3. The van der Waals surface area contributed by atoms with Crippen molar-refractivity contribution in [3.8, 4) is 5.75 Å². The van der Waals surface area contributed by atoms with E-state index in [0.717, 1.165) is 6.20 Å². The molecule has 16 heavy (non-hydrogen) atoms. The summed E-state index contributed by atoms with van der Waals surface area (Å²) in [5.41, 5.74) is -0.757. The zero-order chi connectivity index (χ0) is 12.1. The van der Waals surface area contributed by atoms with E-state index in [2.05, 4.69) is 9.72 Å². The van der Waals surface area contributed by atoms with Gasteiger partial charge in [0.05, 0.1) is 25.5 Å². The third kappa shape index (κ3) is 2.44. The van der Waals surface area contributed by atoms with E-state index < -0.39 is 18.0 Å². The maximum atomic E-state index is 12.6. The van der Waals surface area contributed by atoms with Crippen LogP contribution >= 0.6 is 0 Å². The average molecular weight is 231 g/mol. The van der Waals surface area contributed by atoms with E-state index in [4.69, 9.17) is 4.74 Å². The molecule has 0 unspecified atom stereocenters. The molecule has 0 atom stereocenters. The van der Waals surface area contributed by atoms with Gasteiger partial charge in [-0.2, -0.15) is 0 Å².